The fraction of sp³-hybridized carbons (Fsp3) is 0. The molecule has 7 heteroatoms. The highest BCUT2D eigenvalue weighted by Gasteiger charge is 2.15. The first-order valence-corrected chi connectivity index (χ1v) is 9.23. The molecule has 0 unspecified atom stereocenters. The fourth-order valence-electron chi connectivity index (χ4n) is 2.11. The summed E-state index contributed by atoms with van der Waals surface area (Å²) in [7, 11) is 0. The van der Waals surface area contributed by atoms with Crippen LogP contribution in [0.2, 0.25) is 0 Å². The number of anilines is 2. The number of furan rings is 1. The van der Waals surface area contributed by atoms with E-state index in [9.17, 15) is 4.79 Å². The lowest BCUT2D eigenvalue weighted by atomic mass is 10.2. The highest BCUT2D eigenvalue weighted by Crippen LogP contribution is 2.32. The molecule has 3 aromatic rings. The molecular formula is C17H11Br3N2O2. The van der Waals surface area contributed by atoms with Crippen LogP contribution in [-0.4, -0.2) is 5.91 Å². The zero-order valence-electron chi connectivity index (χ0n) is 12.1. The molecule has 0 spiro atoms. The van der Waals surface area contributed by atoms with E-state index in [0.717, 1.165) is 14.5 Å². The lowest BCUT2D eigenvalue weighted by molar-refractivity contribution is 0.0997. The normalized spacial score (nSPS) is 10.6. The molecule has 0 atom stereocenters. The highest BCUT2D eigenvalue weighted by molar-refractivity contribution is 9.11. The molecule has 0 radical (unpaired) electrons. The molecule has 4 nitrogen and oxygen atoms in total. The second-order valence-electron chi connectivity index (χ2n) is 4.98. The summed E-state index contributed by atoms with van der Waals surface area (Å²) < 4.78 is 8.23. The van der Waals surface area contributed by atoms with Crippen molar-refractivity contribution in [1.29, 1.82) is 0 Å². The van der Waals surface area contributed by atoms with E-state index >= 15 is 0 Å². The number of benzene rings is 2. The molecule has 3 N–H and O–H groups in total. The van der Waals surface area contributed by atoms with E-state index in [-0.39, 0.29) is 11.7 Å². The Morgan fingerprint density at radius 2 is 1.75 bits per heavy atom. The van der Waals surface area contributed by atoms with Crippen LogP contribution < -0.4 is 11.1 Å². The number of nitrogens with one attached hydrogen (secondary N) is 1. The van der Waals surface area contributed by atoms with Crippen molar-refractivity contribution >= 4 is 65.1 Å². The molecule has 0 fully saturated rings. The summed E-state index contributed by atoms with van der Waals surface area (Å²) in [6.45, 7) is 0. The van der Waals surface area contributed by atoms with Crippen LogP contribution in [0.1, 0.15) is 10.6 Å². The molecule has 1 amide bonds. The minimum atomic E-state index is -0.333. The fourth-order valence-corrected chi connectivity index (χ4v) is 3.85. The Kier molecular flexibility index (Phi) is 5.12. The van der Waals surface area contributed by atoms with Crippen molar-refractivity contribution in [3.63, 3.8) is 0 Å². The van der Waals surface area contributed by atoms with E-state index in [0.29, 0.717) is 21.6 Å². The van der Waals surface area contributed by atoms with Gasteiger partial charge in [-0.2, -0.15) is 0 Å². The molecule has 0 aliphatic heterocycles. The molecule has 0 saturated carbocycles. The van der Waals surface area contributed by atoms with Crippen LogP contribution in [0.5, 0.6) is 0 Å². The number of nitrogens with two attached hydrogens (primary N) is 1. The van der Waals surface area contributed by atoms with Crippen molar-refractivity contribution in [3.8, 4) is 11.3 Å². The van der Waals surface area contributed by atoms with E-state index < -0.39 is 0 Å². The van der Waals surface area contributed by atoms with Crippen LogP contribution in [0.25, 0.3) is 11.3 Å². The summed E-state index contributed by atoms with van der Waals surface area (Å²) in [5, 5.41) is 2.79. The van der Waals surface area contributed by atoms with Gasteiger partial charge in [0.15, 0.2) is 5.76 Å². The van der Waals surface area contributed by atoms with Crippen LogP contribution in [0, 0.1) is 0 Å². The Morgan fingerprint density at radius 3 is 2.46 bits per heavy atom. The number of halogens is 3. The largest absolute Gasteiger partial charge is 0.451 e. The molecule has 2 aromatic carbocycles. The minimum Gasteiger partial charge on any atom is -0.451 e. The lowest BCUT2D eigenvalue weighted by Crippen LogP contribution is -2.11. The Morgan fingerprint density at radius 1 is 0.958 bits per heavy atom. The molecule has 0 aliphatic rings. The van der Waals surface area contributed by atoms with Gasteiger partial charge in [0.1, 0.15) is 5.76 Å². The molecule has 0 saturated heterocycles. The van der Waals surface area contributed by atoms with Gasteiger partial charge in [-0.15, -0.1) is 0 Å². The Hall–Kier alpha value is -1.57. The van der Waals surface area contributed by atoms with Crippen LogP contribution >= 0.6 is 47.8 Å². The first kappa shape index (κ1) is 17.3. The molecule has 0 bridgehead atoms. The minimum absolute atomic E-state index is 0.226. The van der Waals surface area contributed by atoms with Gasteiger partial charge < -0.3 is 15.5 Å². The second kappa shape index (κ2) is 7.13. The Bertz CT molecular complexity index is 922. The quantitative estimate of drug-likeness (QED) is 0.417. The zero-order valence-corrected chi connectivity index (χ0v) is 16.9. The smallest absolute Gasteiger partial charge is 0.291 e. The van der Waals surface area contributed by atoms with E-state index in [1.165, 1.54) is 0 Å². The average molecular weight is 515 g/mol. The topological polar surface area (TPSA) is 68.3 Å². The molecule has 122 valence electrons. The standard InChI is InChI=1S/C17H11Br3N2O2/c18-9-1-3-11(12(19)7-9)15-5-6-16(24-15)17(23)22-14-4-2-10(21)8-13(14)20/h1-8H,21H2,(H,22,23). The van der Waals surface area contributed by atoms with Gasteiger partial charge in [0, 0.05) is 24.7 Å². The summed E-state index contributed by atoms with van der Waals surface area (Å²) in [5.41, 5.74) is 7.79. The number of hydrogen-bond donors (Lipinski definition) is 2. The molecule has 24 heavy (non-hydrogen) atoms. The monoisotopic (exact) mass is 512 g/mol. The Labute approximate surface area is 163 Å². The van der Waals surface area contributed by atoms with Crippen LogP contribution in [0.3, 0.4) is 0 Å². The number of rotatable bonds is 3. The molecule has 3 rings (SSSR count). The number of hydrogen-bond acceptors (Lipinski definition) is 3. The third-order valence-corrected chi connectivity index (χ3v) is 5.07. The number of amides is 1. The molecule has 1 aromatic heterocycles. The summed E-state index contributed by atoms with van der Waals surface area (Å²) in [4.78, 5) is 12.4. The van der Waals surface area contributed by atoms with Crippen molar-refractivity contribution in [2.45, 2.75) is 0 Å². The van der Waals surface area contributed by atoms with Crippen molar-refractivity contribution in [2.24, 2.45) is 0 Å². The van der Waals surface area contributed by atoms with Gasteiger partial charge in [-0.1, -0.05) is 15.9 Å². The van der Waals surface area contributed by atoms with Gasteiger partial charge in [0.05, 0.1) is 5.69 Å². The SMILES string of the molecule is Nc1ccc(NC(=O)c2ccc(-c3ccc(Br)cc3Br)o2)c(Br)c1. The number of nitrogen functional groups attached to an aromatic ring is 1. The summed E-state index contributed by atoms with van der Waals surface area (Å²) in [6.07, 6.45) is 0. The molecule has 0 aliphatic carbocycles. The second-order valence-corrected chi connectivity index (χ2v) is 7.61. The van der Waals surface area contributed by atoms with Crippen LogP contribution in [0.15, 0.2) is 66.4 Å². The number of carbonyl (C=O) groups excluding carboxylic acids is 1. The first-order chi connectivity index (χ1) is 11.4. The predicted octanol–water partition coefficient (Wildman–Crippen LogP) is 6.07. The van der Waals surface area contributed by atoms with Crippen LogP contribution in [0.4, 0.5) is 11.4 Å². The van der Waals surface area contributed by atoms with Crippen molar-refractivity contribution in [1.82, 2.24) is 0 Å². The summed E-state index contributed by atoms with van der Waals surface area (Å²) >= 11 is 10.3. The van der Waals surface area contributed by atoms with Gasteiger partial charge in [0.2, 0.25) is 0 Å². The van der Waals surface area contributed by atoms with E-state index in [1.807, 2.05) is 18.2 Å². The van der Waals surface area contributed by atoms with Crippen LogP contribution in [-0.2, 0) is 0 Å². The molecular weight excluding hydrogens is 504 g/mol. The molecule has 1 heterocycles. The average Bonchev–Trinajstić information content (AvgIpc) is 3.00. The lowest BCUT2D eigenvalue weighted by Gasteiger charge is -2.06. The van der Waals surface area contributed by atoms with Gasteiger partial charge in [-0.3, -0.25) is 4.79 Å². The number of carbonyl (C=O) groups is 1. The van der Waals surface area contributed by atoms with Gasteiger partial charge in [0.25, 0.3) is 5.91 Å². The maximum absolute atomic E-state index is 12.4. The van der Waals surface area contributed by atoms with Gasteiger partial charge in [-0.25, -0.2) is 0 Å². The highest BCUT2D eigenvalue weighted by atomic mass is 79.9. The van der Waals surface area contributed by atoms with E-state index in [4.69, 9.17) is 10.2 Å². The predicted molar refractivity (Wildman–Crippen MR) is 106 cm³/mol. The van der Waals surface area contributed by atoms with Gasteiger partial charge >= 0.3 is 0 Å². The van der Waals surface area contributed by atoms with Crippen molar-refractivity contribution in [2.75, 3.05) is 11.1 Å². The van der Waals surface area contributed by atoms with Crippen molar-refractivity contribution < 1.29 is 9.21 Å². The summed E-state index contributed by atoms with van der Waals surface area (Å²) in [5.74, 6) is 0.499. The zero-order chi connectivity index (χ0) is 17.3. The maximum Gasteiger partial charge on any atom is 0.291 e. The van der Waals surface area contributed by atoms with Gasteiger partial charge in [-0.05, 0) is 80.4 Å². The Balaban J connectivity index is 1.83. The first-order valence-electron chi connectivity index (χ1n) is 6.85. The third kappa shape index (κ3) is 3.74. The maximum atomic E-state index is 12.4. The van der Waals surface area contributed by atoms with E-state index in [1.54, 1.807) is 30.3 Å². The summed E-state index contributed by atoms with van der Waals surface area (Å²) in [6, 6.07) is 14.3. The third-order valence-electron chi connectivity index (χ3n) is 3.27. The van der Waals surface area contributed by atoms with E-state index in [2.05, 4.69) is 53.1 Å². The van der Waals surface area contributed by atoms with Crippen molar-refractivity contribution in [3.05, 3.63) is 67.7 Å².